The summed E-state index contributed by atoms with van der Waals surface area (Å²) < 4.78 is 10.6. The van der Waals surface area contributed by atoms with Crippen LogP contribution < -0.4 is 0 Å². The van der Waals surface area contributed by atoms with Crippen LogP contribution in [-0.4, -0.2) is 18.1 Å². The normalized spacial score (nSPS) is 13.7. The molecule has 0 aromatic heterocycles. The highest BCUT2D eigenvalue weighted by molar-refractivity contribution is 7.40. The molecule has 1 atom stereocenters. The van der Waals surface area contributed by atoms with Crippen molar-refractivity contribution in [1.82, 2.24) is 0 Å². The number of hydrogen-bond acceptors (Lipinski definition) is 3. The molecule has 4 heteroatoms. The zero-order valence-corrected chi connectivity index (χ0v) is 14.2. The zero-order chi connectivity index (χ0) is 14.6. The lowest BCUT2D eigenvalue weighted by Crippen LogP contribution is -2.13. The van der Waals surface area contributed by atoms with Gasteiger partial charge in [-0.05, 0) is 11.8 Å². The minimum absolute atomic E-state index is 0.0746. The molecule has 0 aromatic rings. The third-order valence-electron chi connectivity index (χ3n) is 2.81. The molecular weight excluding hydrogens is 259 g/mol. The molecule has 1 N–H and O–H groups in total. The Hall–Kier alpha value is 0.310. The van der Waals surface area contributed by atoms with E-state index in [9.17, 15) is 4.89 Å². The second-order valence-corrected chi connectivity index (χ2v) is 7.37. The first kappa shape index (κ1) is 19.3. The van der Waals surface area contributed by atoms with Gasteiger partial charge in [0.1, 0.15) is 0 Å². The van der Waals surface area contributed by atoms with Crippen molar-refractivity contribution in [3.63, 3.8) is 0 Å². The molecule has 0 aromatic carbocycles. The van der Waals surface area contributed by atoms with Crippen molar-refractivity contribution in [1.29, 1.82) is 0 Å². The van der Waals surface area contributed by atoms with Crippen molar-refractivity contribution in [2.45, 2.75) is 79.1 Å². The fourth-order valence-electron chi connectivity index (χ4n) is 1.66. The van der Waals surface area contributed by atoms with Gasteiger partial charge in [0.05, 0.1) is 13.2 Å². The van der Waals surface area contributed by atoms with Crippen molar-refractivity contribution >= 4 is 8.60 Å². The van der Waals surface area contributed by atoms with Crippen molar-refractivity contribution in [3.8, 4) is 0 Å². The van der Waals surface area contributed by atoms with E-state index in [1.165, 1.54) is 44.9 Å². The summed E-state index contributed by atoms with van der Waals surface area (Å²) in [6.45, 7) is 9.62. The Kier molecular flexibility index (Phi) is 12.3. The molecule has 0 spiro atoms. The SMILES string of the molecule is CCCCCCCCCCOP(O)OCC(C)(C)C. The summed E-state index contributed by atoms with van der Waals surface area (Å²) in [6, 6.07) is 0. The van der Waals surface area contributed by atoms with Gasteiger partial charge in [-0.1, -0.05) is 72.6 Å². The lowest BCUT2D eigenvalue weighted by molar-refractivity contribution is 0.146. The largest absolute Gasteiger partial charge is 0.329 e. The highest BCUT2D eigenvalue weighted by Crippen LogP contribution is 2.35. The van der Waals surface area contributed by atoms with Crippen molar-refractivity contribution in [3.05, 3.63) is 0 Å². The molecule has 0 bridgehead atoms. The summed E-state index contributed by atoms with van der Waals surface area (Å²) >= 11 is 0. The summed E-state index contributed by atoms with van der Waals surface area (Å²) in [5.74, 6) is 0. The summed E-state index contributed by atoms with van der Waals surface area (Å²) in [4.78, 5) is 9.53. The first-order chi connectivity index (χ1) is 8.95. The molecule has 19 heavy (non-hydrogen) atoms. The van der Waals surface area contributed by atoms with E-state index in [0.717, 1.165) is 6.42 Å². The van der Waals surface area contributed by atoms with E-state index < -0.39 is 8.60 Å². The van der Waals surface area contributed by atoms with Gasteiger partial charge in [-0.25, -0.2) is 0 Å². The van der Waals surface area contributed by atoms with Crippen LogP contribution in [0.2, 0.25) is 0 Å². The van der Waals surface area contributed by atoms with Gasteiger partial charge in [-0.15, -0.1) is 0 Å². The molecule has 0 saturated heterocycles. The smallest absolute Gasteiger partial charge is 0.328 e. The minimum atomic E-state index is -1.68. The molecule has 0 heterocycles. The maximum Gasteiger partial charge on any atom is 0.329 e. The Morgan fingerprint density at radius 3 is 1.89 bits per heavy atom. The van der Waals surface area contributed by atoms with E-state index in [4.69, 9.17) is 9.05 Å². The van der Waals surface area contributed by atoms with Gasteiger partial charge in [0.15, 0.2) is 0 Å². The predicted molar refractivity (Wildman–Crippen MR) is 83.1 cm³/mol. The molecule has 0 rings (SSSR count). The van der Waals surface area contributed by atoms with Gasteiger partial charge in [-0.3, -0.25) is 0 Å². The van der Waals surface area contributed by atoms with Crippen LogP contribution in [0, 0.1) is 5.41 Å². The second kappa shape index (κ2) is 12.1. The van der Waals surface area contributed by atoms with Crippen molar-refractivity contribution < 1.29 is 13.9 Å². The van der Waals surface area contributed by atoms with E-state index in [0.29, 0.717) is 13.2 Å². The third-order valence-corrected chi connectivity index (χ3v) is 3.56. The first-order valence-electron chi connectivity index (χ1n) is 7.70. The van der Waals surface area contributed by atoms with Gasteiger partial charge >= 0.3 is 8.60 Å². The predicted octanol–water partition coefficient (Wildman–Crippen LogP) is 5.43. The first-order valence-corrected chi connectivity index (χ1v) is 8.83. The molecule has 0 fully saturated rings. The van der Waals surface area contributed by atoms with Crippen LogP contribution in [-0.2, 0) is 9.05 Å². The zero-order valence-electron chi connectivity index (χ0n) is 13.3. The minimum Gasteiger partial charge on any atom is -0.328 e. The monoisotopic (exact) mass is 292 g/mol. The summed E-state index contributed by atoms with van der Waals surface area (Å²) in [7, 11) is -1.68. The van der Waals surface area contributed by atoms with Gasteiger partial charge in [0, 0.05) is 0 Å². The van der Waals surface area contributed by atoms with Crippen LogP contribution in [0.25, 0.3) is 0 Å². The summed E-state index contributed by atoms with van der Waals surface area (Å²) in [5.41, 5.74) is 0.0746. The second-order valence-electron chi connectivity index (χ2n) is 6.38. The van der Waals surface area contributed by atoms with E-state index in [2.05, 4.69) is 27.7 Å². The maximum absolute atomic E-state index is 9.53. The van der Waals surface area contributed by atoms with E-state index in [1.54, 1.807) is 0 Å². The van der Waals surface area contributed by atoms with E-state index >= 15 is 0 Å². The fraction of sp³-hybridized carbons (Fsp3) is 1.00. The maximum atomic E-state index is 9.53. The standard InChI is InChI=1S/C15H33O3P/c1-5-6-7-8-9-10-11-12-13-17-19(16)18-14-15(2,3)4/h16H,5-14H2,1-4H3. The van der Waals surface area contributed by atoms with Gasteiger partial charge in [-0.2, -0.15) is 0 Å². The average molecular weight is 292 g/mol. The molecule has 3 nitrogen and oxygen atoms in total. The molecule has 0 aliphatic carbocycles. The molecule has 1 unspecified atom stereocenters. The number of hydrogen-bond donors (Lipinski definition) is 1. The molecule has 116 valence electrons. The Bertz CT molecular complexity index is 192. The Labute approximate surface area is 121 Å². The molecule has 0 radical (unpaired) electrons. The fourth-order valence-corrected chi connectivity index (χ4v) is 2.52. The molecular formula is C15H33O3P. The molecule has 0 aliphatic rings. The van der Waals surface area contributed by atoms with Crippen LogP contribution >= 0.6 is 8.60 Å². The lowest BCUT2D eigenvalue weighted by Gasteiger charge is -2.19. The third kappa shape index (κ3) is 16.3. The Morgan fingerprint density at radius 1 is 0.842 bits per heavy atom. The van der Waals surface area contributed by atoms with E-state index in [1.807, 2.05) is 0 Å². The average Bonchev–Trinajstić information content (AvgIpc) is 2.33. The quantitative estimate of drug-likeness (QED) is 0.385. The molecule has 0 aliphatic heterocycles. The van der Waals surface area contributed by atoms with Gasteiger partial charge in [0.2, 0.25) is 0 Å². The molecule has 0 saturated carbocycles. The highest BCUT2D eigenvalue weighted by atomic mass is 31.2. The van der Waals surface area contributed by atoms with Crippen LogP contribution in [0.15, 0.2) is 0 Å². The van der Waals surface area contributed by atoms with Gasteiger partial charge in [0.25, 0.3) is 0 Å². The van der Waals surface area contributed by atoms with Gasteiger partial charge < -0.3 is 13.9 Å². The van der Waals surface area contributed by atoms with E-state index in [-0.39, 0.29) is 5.41 Å². The number of rotatable bonds is 12. The summed E-state index contributed by atoms with van der Waals surface area (Å²) in [5, 5.41) is 0. The highest BCUT2D eigenvalue weighted by Gasteiger charge is 2.14. The molecule has 0 amide bonds. The van der Waals surface area contributed by atoms with Crippen LogP contribution in [0.1, 0.15) is 79.1 Å². The van der Waals surface area contributed by atoms with Crippen molar-refractivity contribution in [2.24, 2.45) is 5.41 Å². The van der Waals surface area contributed by atoms with Crippen LogP contribution in [0.4, 0.5) is 0 Å². The van der Waals surface area contributed by atoms with Crippen LogP contribution in [0.3, 0.4) is 0 Å². The Balaban J connectivity index is 3.21. The Morgan fingerprint density at radius 2 is 1.37 bits per heavy atom. The van der Waals surface area contributed by atoms with Crippen LogP contribution in [0.5, 0.6) is 0 Å². The summed E-state index contributed by atoms with van der Waals surface area (Å²) in [6.07, 6.45) is 10.2. The van der Waals surface area contributed by atoms with Crippen molar-refractivity contribution in [2.75, 3.05) is 13.2 Å². The number of unbranched alkanes of at least 4 members (excludes halogenated alkanes) is 7. The topological polar surface area (TPSA) is 38.7 Å². The lowest BCUT2D eigenvalue weighted by atomic mass is 9.99.